The molecule has 0 aliphatic rings. The highest BCUT2D eigenvalue weighted by Gasteiger charge is 2.28. The van der Waals surface area contributed by atoms with Crippen molar-refractivity contribution in [2.45, 2.75) is 38.0 Å². The summed E-state index contributed by atoms with van der Waals surface area (Å²) in [6, 6.07) is 18.3. The third-order valence-corrected chi connectivity index (χ3v) is 6.50. The maximum absolute atomic E-state index is 12.9. The molecular formula is C31H36N2O8. The van der Waals surface area contributed by atoms with Crippen molar-refractivity contribution >= 4 is 17.6 Å². The molecule has 3 aromatic rings. The lowest BCUT2D eigenvalue weighted by Crippen LogP contribution is -2.51. The minimum Gasteiger partial charge on any atom is -0.497 e. The summed E-state index contributed by atoms with van der Waals surface area (Å²) in [7, 11) is 5.99. The Bertz CT molecular complexity index is 1330. The first kappa shape index (κ1) is 31.0. The Balaban J connectivity index is 1.66. The van der Waals surface area contributed by atoms with Crippen LogP contribution in [0.5, 0.6) is 23.0 Å². The van der Waals surface area contributed by atoms with Crippen molar-refractivity contribution in [1.29, 1.82) is 0 Å². The van der Waals surface area contributed by atoms with Crippen LogP contribution < -0.4 is 29.6 Å². The Morgan fingerprint density at radius 1 is 0.756 bits per heavy atom. The van der Waals surface area contributed by atoms with Gasteiger partial charge in [0.1, 0.15) is 11.5 Å². The zero-order chi connectivity index (χ0) is 29.8. The lowest BCUT2D eigenvalue weighted by atomic mass is 9.99. The van der Waals surface area contributed by atoms with E-state index in [4.69, 9.17) is 18.9 Å². The van der Waals surface area contributed by atoms with Crippen molar-refractivity contribution in [1.82, 2.24) is 10.6 Å². The molecule has 0 aliphatic carbocycles. The lowest BCUT2D eigenvalue weighted by Gasteiger charge is -2.24. The molecule has 3 rings (SSSR count). The number of ether oxygens (including phenoxy) is 4. The molecule has 3 N–H and O–H groups in total. The van der Waals surface area contributed by atoms with Gasteiger partial charge in [-0.2, -0.15) is 0 Å². The minimum atomic E-state index is -1.55. The Labute approximate surface area is 239 Å². The average molecular weight is 565 g/mol. The summed E-state index contributed by atoms with van der Waals surface area (Å²) in [5, 5.41) is 16.4. The largest absolute Gasteiger partial charge is 0.497 e. The van der Waals surface area contributed by atoms with Gasteiger partial charge in [0.2, 0.25) is 5.91 Å². The smallest absolute Gasteiger partial charge is 0.251 e. The second-order valence-corrected chi connectivity index (χ2v) is 9.21. The van der Waals surface area contributed by atoms with Crippen LogP contribution in [-0.2, 0) is 22.6 Å². The summed E-state index contributed by atoms with van der Waals surface area (Å²) < 4.78 is 21.0. The third-order valence-electron chi connectivity index (χ3n) is 6.50. The summed E-state index contributed by atoms with van der Waals surface area (Å²) >= 11 is 0. The number of ketones is 1. The minimum absolute atomic E-state index is 0.102. The zero-order valence-corrected chi connectivity index (χ0v) is 23.6. The standard InChI is InChI=1S/C31H36N2O8/c1-38-22-11-14-26(39-2)23(18-22)25(34)12-15-29(35)33-24(16-20-8-6-5-7-9-20)30(36)31(37)32-19-21-10-13-27(40-3)28(17-21)41-4/h5-11,13-14,17-18,24,30,36H,12,15-16,19H2,1-4H3,(H,32,37)(H,33,35)/t24-,30+/m0/s1. The lowest BCUT2D eigenvalue weighted by molar-refractivity contribution is -0.132. The number of methoxy groups -OCH3 is 4. The molecule has 0 unspecified atom stereocenters. The van der Waals surface area contributed by atoms with Crippen molar-refractivity contribution in [3.05, 3.63) is 83.4 Å². The third kappa shape index (κ3) is 8.71. The maximum atomic E-state index is 12.9. The van der Waals surface area contributed by atoms with Gasteiger partial charge in [0, 0.05) is 19.4 Å². The molecule has 0 heterocycles. The van der Waals surface area contributed by atoms with Gasteiger partial charge in [-0.1, -0.05) is 36.4 Å². The molecule has 10 nitrogen and oxygen atoms in total. The number of hydrogen-bond acceptors (Lipinski definition) is 8. The number of carbonyl (C=O) groups is 3. The van der Waals surface area contributed by atoms with E-state index < -0.39 is 24.0 Å². The van der Waals surface area contributed by atoms with Crippen LogP contribution in [-0.4, -0.2) is 63.3 Å². The van der Waals surface area contributed by atoms with Gasteiger partial charge in [0.25, 0.3) is 5.91 Å². The maximum Gasteiger partial charge on any atom is 0.251 e. The molecule has 10 heteroatoms. The van der Waals surface area contributed by atoms with Crippen molar-refractivity contribution in [2.24, 2.45) is 0 Å². The Morgan fingerprint density at radius 2 is 1.44 bits per heavy atom. The number of nitrogens with one attached hydrogen (secondary N) is 2. The van der Waals surface area contributed by atoms with Gasteiger partial charge in [-0.05, 0) is 47.9 Å². The highest BCUT2D eigenvalue weighted by atomic mass is 16.5. The number of carbonyl (C=O) groups excluding carboxylic acids is 3. The van der Waals surface area contributed by atoms with Gasteiger partial charge in [-0.3, -0.25) is 14.4 Å². The highest BCUT2D eigenvalue weighted by molar-refractivity contribution is 6.00. The van der Waals surface area contributed by atoms with E-state index in [9.17, 15) is 19.5 Å². The first-order valence-electron chi connectivity index (χ1n) is 13.0. The van der Waals surface area contributed by atoms with Crippen molar-refractivity contribution in [3.63, 3.8) is 0 Å². The summed E-state index contributed by atoms with van der Waals surface area (Å²) in [6.45, 7) is 0.124. The molecule has 2 atom stereocenters. The van der Waals surface area contributed by atoms with Gasteiger partial charge in [-0.15, -0.1) is 0 Å². The predicted molar refractivity (Wildman–Crippen MR) is 153 cm³/mol. The Hall–Kier alpha value is -4.57. The first-order chi connectivity index (χ1) is 19.8. The van der Waals surface area contributed by atoms with Gasteiger partial charge >= 0.3 is 0 Å². The molecule has 0 saturated heterocycles. The fraction of sp³-hybridized carbons (Fsp3) is 0.323. The SMILES string of the molecule is COc1ccc(OC)c(C(=O)CCC(=O)N[C@@H](Cc2ccccc2)[C@@H](O)C(=O)NCc2ccc(OC)c(OC)c2)c1. The second kappa shape index (κ2) is 15.3. The Morgan fingerprint density at radius 3 is 2.10 bits per heavy atom. The van der Waals surface area contributed by atoms with E-state index in [-0.39, 0.29) is 31.6 Å². The van der Waals surface area contributed by atoms with Crippen molar-refractivity contribution < 1.29 is 38.4 Å². The van der Waals surface area contributed by atoms with Gasteiger partial charge in [0.05, 0.1) is 40.0 Å². The van der Waals surface area contributed by atoms with Gasteiger partial charge < -0.3 is 34.7 Å². The van der Waals surface area contributed by atoms with Crippen LogP contribution in [0.25, 0.3) is 0 Å². The van der Waals surface area contributed by atoms with E-state index in [1.54, 1.807) is 36.4 Å². The molecule has 3 aromatic carbocycles. The number of benzene rings is 3. The predicted octanol–water partition coefficient (Wildman–Crippen LogP) is 3.09. The van der Waals surface area contributed by atoms with Crippen LogP contribution in [0.2, 0.25) is 0 Å². The number of rotatable bonds is 15. The molecule has 0 fully saturated rings. The summed E-state index contributed by atoms with van der Waals surface area (Å²) in [6.07, 6.45) is -1.59. The zero-order valence-electron chi connectivity index (χ0n) is 23.6. The highest BCUT2D eigenvalue weighted by Crippen LogP contribution is 2.28. The van der Waals surface area contributed by atoms with Crippen LogP contribution in [0.1, 0.15) is 34.3 Å². The van der Waals surface area contributed by atoms with Crippen molar-refractivity contribution in [3.8, 4) is 23.0 Å². The number of aliphatic hydroxyl groups is 1. The number of Topliss-reactive ketones (excluding diaryl/α,β-unsaturated/α-hetero) is 1. The van der Waals surface area contributed by atoms with Crippen LogP contribution >= 0.6 is 0 Å². The van der Waals surface area contributed by atoms with Crippen LogP contribution in [0.3, 0.4) is 0 Å². The topological polar surface area (TPSA) is 132 Å². The molecule has 0 spiro atoms. The van der Waals surface area contributed by atoms with E-state index in [2.05, 4.69) is 10.6 Å². The van der Waals surface area contributed by atoms with Crippen molar-refractivity contribution in [2.75, 3.05) is 28.4 Å². The summed E-state index contributed by atoms with van der Waals surface area (Å²) in [5.41, 5.74) is 1.86. The van der Waals surface area contributed by atoms with Gasteiger partial charge in [0.15, 0.2) is 23.4 Å². The van der Waals surface area contributed by atoms with E-state index >= 15 is 0 Å². The Kier molecular flexibility index (Phi) is 11.5. The van der Waals surface area contributed by atoms with Crippen LogP contribution in [0.4, 0.5) is 0 Å². The van der Waals surface area contributed by atoms with Crippen LogP contribution in [0.15, 0.2) is 66.7 Å². The fourth-order valence-electron chi connectivity index (χ4n) is 4.25. The number of aliphatic hydroxyl groups excluding tert-OH is 1. The number of amides is 2. The quantitative estimate of drug-likeness (QED) is 0.240. The van der Waals surface area contributed by atoms with Crippen LogP contribution in [0, 0.1) is 0 Å². The van der Waals surface area contributed by atoms with E-state index in [1.165, 1.54) is 28.4 Å². The molecule has 0 bridgehead atoms. The first-order valence-corrected chi connectivity index (χ1v) is 13.0. The average Bonchev–Trinajstić information content (AvgIpc) is 3.01. The fourth-order valence-corrected chi connectivity index (χ4v) is 4.25. The normalized spacial score (nSPS) is 12.0. The summed E-state index contributed by atoms with van der Waals surface area (Å²) in [4.78, 5) is 38.7. The molecule has 0 aromatic heterocycles. The summed E-state index contributed by atoms with van der Waals surface area (Å²) in [5.74, 6) is 0.491. The molecule has 0 aliphatic heterocycles. The molecule has 218 valence electrons. The van der Waals surface area contributed by atoms with E-state index in [0.29, 0.717) is 28.6 Å². The monoisotopic (exact) mass is 564 g/mol. The van der Waals surface area contributed by atoms with E-state index in [1.807, 2.05) is 30.3 Å². The molecular weight excluding hydrogens is 528 g/mol. The number of hydrogen-bond donors (Lipinski definition) is 3. The molecule has 2 amide bonds. The van der Waals surface area contributed by atoms with Gasteiger partial charge in [-0.25, -0.2) is 0 Å². The second-order valence-electron chi connectivity index (χ2n) is 9.21. The molecule has 0 saturated carbocycles. The van der Waals surface area contributed by atoms with E-state index in [0.717, 1.165) is 11.1 Å². The molecule has 0 radical (unpaired) electrons. The molecule has 41 heavy (non-hydrogen) atoms.